The molecule has 1 aromatic heterocycles. The van der Waals surface area contributed by atoms with Crippen LogP contribution in [0.1, 0.15) is 25.7 Å². The highest BCUT2D eigenvalue weighted by Crippen LogP contribution is 2.27. The molecule has 0 aromatic carbocycles. The molecule has 1 aromatic rings. The first-order chi connectivity index (χ1) is 10.1. The van der Waals surface area contributed by atoms with Crippen LogP contribution in [0.25, 0.3) is 0 Å². The van der Waals surface area contributed by atoms with Crippen molar-refractivity contribution in [2.24, 2.45) is 13.0 Å². The smallest absolute Gasteiger partial charge is 0.282 e. The molecule has 0 amide bonds. The number of hydrogen-bond acceptors (Lipinski definition) is 4. The van der Waals surface area contributed by atoms with E-state index >= 15 is 0 Å². The van der Waals surface area contributed by atoms with Crippen molar-refractivity contribution in [1.82, 2.24) is 14.7 Å². The summed E-state index contributed by atoms with van der Waals surface area (Å²) >= 11 is 3.43. The van der Waals surface area contributed by atoms with E-state index in [4.69, 9.17) is 0 Å². The maximum atomic E-state index is 11.9. The van der Waals surface area contributed by atoms with Crippen molar-refractivity contribution in [3.63, 3.8) is 0 Å². The van der Waals surface area contributed by atoms with Crippen LogP contribution in [-0.4, -0.2) is 47.4 Å². The van der Waals surface area contributed by atoms with Gasteiger partial charge in [-0.25, -0.2) is 4.68 Å². The van der Waals surface area contributed by atoms with Crippen LogP contribution in [0.4, 0.5) is 5.69 Å². The summed E-state index contributed by atoms with van der Waals surface area (Å²) in [5, 5.41) is 4.14. The Morgan fingerprint density at radius 3 is 2.57 bits per heavy atom. The number of anilines is 1. The minimum atomic E-state index is -0.0632. The van der Waals surface area contributed by atoms with Crippen LogP contribution in [0, 0.1) is 5.92 Å². The number of nitrogens with zero attached hydrogens (tertiary/aromatic N) is 4. The molecule has 0 unspecified atom stereocenters. The maximum Gasteiger partial charge on any atom is 0.282 e. The van der Waals surface area contributed by atoms with Crippen molar-refractivity contribution in [3.05, 3.63) is 21.0 Å². The second-order valence-electron chi connectivity index (χ2n) is 6.21. The molecule has 0 aliphatic carbocycles. The van der Waals surface area contributed by atoms with Gasteiger partial charge >= 0.3 is 0 Å². The lowest BCUT2D eigenvalue weighted by molar-refractivity contribution is 0.249. The summed E-state index contributed by atoms with van der Waals surface area (Å²) in [5.41, 5.74) is 0.879. The number of aryl methyl sites for hydroxylation is 1. The van der Waals surface area contributed by atoms with Crippen LogP contribution < -0.4 is 10.5 Å². The zero-order valence-corrected chi connectivity index (χ0v) is 14.2. The maximum absolute atomic E-state index is 11.9. The number of rotatable bonds is 3. The molecule has 0 radical (unpaired) electrons. The predicted octanol–water partition coefficient (Wildman–Crippen LogP) is 1.85. The van der Waals surface area contributed by atoms with Gasteiger partial charge in [0.15, 0.2) is 0 Å². The lowest BCUT2D eigenvalue weighted by Crippen LogP contribution is -2.39. The van der Waals surface area contributed by atoms with Crippen LogP contribution >= 0.6 is 15.9 Å². The monoisotopic (exact) mass is 354 g/mol. The first kappa shape index (κ1) is 15.0. The van der Waals surface area contributed by atoms with Crippen LogP contribution in [0.3, 0.4) is 0 Å². The summed E-state index contributed by atoms with van der Waals surface area (Å²) in [4.78, 5) is 16.8. The molecule has 2 aliphatic heterocycles. The van der Waals surface area contributed by atoms with Gasteiger partial charge < -0.3 is 9.80 Å². The highest BCUT2D eigenvalue weighted by atomic mass is 79.9. The highest BCUT2D eigenvalue weighted by molar-refractivity contribution is 9.10. The topological polar surface area (TPSA) is 41.4 Å². The molecule has 0 bridgehead atoms. The third-order valence-electron chi connectivity index (χ3n) is 4.73. The Labute approximate surface area is 134 Å². The Morgan fingerprint density at radius 2 is 1.90 bits per heavy atom. The summed E-state index contributed by atoms with van der Waals surface area (Å²) in [6.45, 7) is 5.86. The average molecular weight is 355 g/mol. The zero-order valence-electron chi connectivity index (χ0n) is 12.6. The van der Waals surface area contributed by atoms with E-state index in [0.29, 0.717) is 4.47 Å². The van der Waals surface area contributed by atoms with E-state index in [-0.39, 0.29) is 5.56 Å². The van der Waals surface area contributed by atoms with E-state index in [1.54, 1.807) is 13.2 Å². The van der Waals surface area contributed by atoms with E-state index in [1.807, 2.05) is 0 Å². The molecular formula is C15H23BrN4O. The molecule has 2 fully saturated rings. The van der Waals surface area contributed by atoms with Gasteiger partial charge in [0.05, 0.1) is 11.9 Å². The number of likely N-dealkylation sites (tertiary alicyclic amines) is 1. The van der Waals surface area contributed by atoms with Crippen molar-refractivity contribution in [2.45, 2.75) is 25.7 Å². The van der Waals surface area contributed by atoms with Crippen molar-refractivity contribution < 1.29 is 0 Å². The van der Waals surface area contributed by atoms with E-state index in [2.05, 4.69) is 30.8 Å². The average Bonchev–Trinajstić information content (AvgIpc) is 2.99. The molecule has 116 valence electrons. The molecule has 0 N–H and O–H groups in total. The molecule has 0 spiro atoms. The Balaban J connectivity index is 1.60. The normalized spacial score (nSPS) is 21.1. The molecule has 2 aliphatic rings. The van der Waals surface area contributed by atoms with Gasteiger partial charge in [0.1, 0.15) is 4.47 Å². The summed E-state index contributed by atoms with van der Waals surface area (Å²) in [5.74, 6) is 0.803. The molecule has 0 saturated carbocycles. The molecule has 2 saturated heterocycles. The fourth-order valence-corrected chi connectivity index (χ4v) is 4.02. The highest BCUT2D eigenvalue weighted by Gasteiger charge is 2.24. The second kappa shape index (κ2) is 6.48. The third kappa shape index (κ3) is 3.31. The molecule has 0 atom stereocenters. The van der Waals surface area contributed by atoms with Crippen molar-refractivity contribution >= 4 is 21.6 Å². The van der Waals surface area contributed by atoms with Gasteiger partial charge in [-0.3, -0.25) is 4.79 Å². The number of piperidine rings is 1. The molecular weight excluding hydrogens is 332 g/mol. The minimum Gasteiger partial charge on any atom is -0.369 e. The fourth-order valence-electron chi connectivity index (χ4n) is 3.41. The molecule has 3 heterocycles. The molecule has 6 heteroatoms. The van der Waals surface area contributed by atoms with Crippen molar-refractivity contribution in [1.29, 1.82) is 0 Å². The SMILES string of the molecule is Cn1ncc(N2CCC(CN3CCCC3)CC2)c(Br)c1=O. The predicted molar refractivity (Wildman–Crippen MR) is 87.8 cm³/mol. The zero-order chi connectivity index (χ0) is 14.8. The van der Waals surface area contributed by atoms with Crippen molar-refractivity contribution in [3.8, 4) is 0 Å². The van der Waals surface area contributed by atoms with E-state index in [9.17, 15) is 4.79 Å². The largest absolute Gasteiger partial charge is 0.369 e. The van der Waals surface area contributed by atoms with Gasteiger partial charge in [0, 0.05) is 26.7 Å². The van der Waals surface area contributed by atoms with Crippen LogP contribution in [-0.2, 0) is 7.05 Å². The summed E-state index contributed by atoms with van der Waals surface area (Å²) in [6.07, 6.45) is 6.94. The summed E-state index contributed by atoms with van der Waals surface area (Å²) in [6, 6.07) is 0. The fraction of sp³-hybridized carbons (Fsp3) is 0.733. The first-order valence-electron chi connectivity index (χ1n) is 7.84. The van der Waals surface area contributed by atoms with E-state index in [0.717, 1.165) is 24.7 Å². The van der Waals surface area contributed by atoms with Gasteiger partial charge in [-0.15, -0.1) is 0 Å². The van der Waals surface area contributed by atoms with Gasteiger partial charge in [-0.05, 0) is 60.6 Å². The Kier molecular flexibility index (Phi) is 4.64. The van der Waals surface area contributed by atoms with Crippen molar-refractivity contribution in [2.75, 3.05) is 37.6 Å². The number of aromatic nitrogens is 2. The molecule has 21 heavy (non-hydrogen) atoms. The summed E-state index contributed by atoms with van der Waals surface area (Å²) < 4.78 is 2.01. The van der Waals surface area contributed by atoms with Crippen LogP contribution in [0.15, 0.2) is 15.5 Å². The van der Waals surface area contributed by atoms with Gasteiger partial charge in [-0.2, -0.15) is 5.10 Å². The lowest BCUT2D eigenvalue weighted by Gasteiger charge is -2.35. The Morgan fingerprint density at radius 1 is 1.24 bits per heavy atom. The number of halogens is 1. The second-order valence-corrected chi connectivity index (χ2v) is 7.00. The van der Waals surface area contributed by atoms with Crippen LogP contribution in [0.2, 0.25) is 0 Å². The van der Waals surface area contributed by atoms with Crippen LogP contribution in [0.5, 0.6) is 0 Å². The van der Waals surface area contributed by atoms with Gasteiger partial charge in [0.25, 0.3) is 5.56 Å². The molecule has 3 rings (SSSR count). The Hall–Kier alpha value is -0.880. The third-order valence-corrected chi connectivity index (χ3v) is 5.48. The lowest BCUT2D eigenvalue weighted by atomic mass is 9.96. The van der Waals surface area contributed by atoms with Gasteiger partial charge in [0.2, 0.25) is 0 Å². The first-order valence-corrected chi connectivity index (χ1v) is 8.63. The summed E-state index contributed by atoms with van der Waals surface area (Å²) in [7, 11) is 1.68. The van der Waals surface area contributed by atoms with E-state index < -0.39 is 0 Å². The quantitative estimate of drug-likeness (QED) is 0.830. The standard InChI is InChI=1S/C15H23BrN4O/c1-18-15(21)14(16)13(10-17-18)20-8-4-12(5-9-20)11-19-6-2-3-7-19/h10,12H,2-9,11H2,1H3. The number of hydrogen-bond donors (Lipinski definition) is 0. The van der Waals surface area contributed by atoms with Gasteiger partial charge in [-0.1, -0.05) is 0 Å². The van der Waals surface area contributed by atoms with E-state index in [1.165, 1.54) is 50.0 Å². The molecule has 5 nitrogen and oxygen atoms in total. The minimum absolute atomic E-state index is 0.0632. The Bertz CT molecular complexity index is 545.